The van der Waals surface area contributed by atoms with Gasteiger partial charge in [-0.1, -0.05) is 6.07 Å². The molecule has 140 valence electrons. The van der Waals surface area contributed by atoms with Crippen LogP contribution in [0, 0.1) is 13.8 Å². The van der Waals surface area contributed by atoms with E-state index < -0.39 is 10.0 Å². The largest absolute Gasteiger partial charge is 0.325 e. The lowest BCUT2D eigenvalue weighted by Crippen LogP contribution is -2.34. The second-order valence-corrected chi connectivity index (χ2v) is 7.71. The van der Waals surface area contributed by atoms with Crippen molar-refractivity contribution in [2.75, 3.05) is 23.1 Å². The maximum Gasteiger partial charge on any atom is 0.321 e. The van der Waals surface area contributed by atoms with Crippen LogP contribution in [-0.2, 0) is 10.0 Å². The van der Waals surface area contributed by atoms with E-state index in [9.17, 15) is 13.2 Å². The molecule has 0 heterocycles. The van der Waals surface area contributed by atoms with Gasteiger partial charge in [-0.15, -0.1) is 0 Å². The Labute approximate surface area is 155 Å². The van der Waals surface area contributed by atoms with Crippen molar-refractivity contribution in [2.24, 2.45) is 0 Å². The van der Waals surface area contributed by atoms with Crippen LogP contribution in [0.15, 0.2) is 47.4 Å². The van der Waals surface area contributed by atoms with Crippen molar-refractivity contribution in [2.45, 2.75) is 32.6 Å². The minimum absolute atomic E-state index is 0.136. The highest BCUT2D eigenvalue weighted by Gasteiger charge is 2.15. The molecular weight excluding hydrogens is 350 g/mol. The summed E-state index contributed by atoms with van der Waals surface area (Å²) in [4.78, 5) is 13.8. The number of benzene rings is 2. The fourth-order valence-electron chi connectivity index (χ4n) is 2.45. The molecule has 0 atom stereocenters. The standard InChI is InChI=1S/C19H25N3O3S/c1-5-22(6-2)19(23)20-16-9-11-18(12-10-16)26(24,25)21-17-8-7-14(3)15(4)13-17/h7-13,21H,5-6H2,1-4H3,(H,20,23). The molecule has 6 nitrogen and oxygen atoms in total. The third-order valence-electron chi connectivity index (χ3n) is 4.23. The molecule has 0 fully saturated rings. The fourth-order valence-corrected chi connectivity index (χ4v) is 3.50. The Morgan fingerprint density at radius 3 is 2.04 bits per heavy atom. The summed E-state index contributed by atoms with van der Waals surface area (Å²) in [6.07, 6.45) is 0. The van der Waals surface area contributed by atoms with Gasteiger partial charge < -0.3 is 10.2 Å². The van der Waals surface area contributed by atoms with E-state index >= 15 is 0 Å². The number of anilines is 2. The number of urea groups is 1. The lowest BCUT2D eigenvalue weighted by Gasteiger charge is -2.19. The summed E-state index contributed by atoms with van der Waals surface area (Å²) in [6.45, 7) is 8.91. The van der Waals surface area contributed by atoms with Gasteiger partial charge in [-0.05, 0) is 75.2 Å². The van der Waals surface area contributed by atoms with Gasteiger partial charge in [0, 0.05) is 24.5 Å². The molecule has 0 saturated heterocycles. The summed E-state index contributed by atoms with van der Waals surface area (Å²) in [5, 5.41) is 2.76. The van der Waals surface area contributed by atoms with E-state index in [0.717, 1.165) is 11.1 Å². The summed E-state index contributed by atoms with van der Waals surface area (Å²) in [7, 11) is -3.69. The summed E-state index contributed by atoms with van der Waals surface area (Å²) >= 11 is 0. The van der Waals surface area contributed by atoms with Crippen molar-refractivity contribution in [1.82, 2.24) is 4.90 Å². The second-order valence-electron chi connectivity index (χ2n) is 6.03. The van der Waals surface area contributed by atoms with Gasteiger partial charge in [-0.3, -0.25) is 4.72 Å². The minimum atomic E-state index is -3.69. The molecule has 0 saturated carbocycles. The SMILES string of the molecule is CCN(CC)C(=O)Nc1ccc(S(=O)(=O)Nc2ccc(C)c(C)c2)cc1. The van der Waals surface area contributed by atoms with E-state index in [1.54, 1.807) is 29.2 Å². The van der Waals surface area contributed by atoms with Gasteiger partial charge in [0.15, 0.2) is 0 Å². The van der Waals surface area contributed by atoms with Gasteiger partial charge in [-0.25, -0.2) is 13.2 Å². The van der Waals surface area contributed by atoms with Crippen molar-refractivity contribution < 1.29 is 13.2 Å². The Hall–Kier alpha value is -2.54. The number of hydrogen-bond donors (Lipinski definition) is 2. The van der Waals surface area contributed by atoms with Crippen molar-refractivity contribution >= 4 is 27.4 Å². The first-order chi connectivity index (χ1) is 12.3. The lowest BCUT2D eigenvalue weighted by molar-refractivity contribution is 0.217. The van der Waals surface area contributed by atoms with Gasteiger partial charge >= 0.3 is 6.03 Å². The van der Waals surface area contributed by atoms with Crippen LogP contribution in [0.4, 0.5) is 16.2 Å². The molecule has 2 N–H and O–H groups in total. The van der Waals surface area contributed by atoms with Crippen LogP contribution in [0.3, 0.4) is 0 Å². The smallest absolute Gasteiger partial charge is 0.321 e. The molecule has 7 heteroatoms. The molecule has 2 rings (SSSR count). The Bertz CT molecular complexity index is 873. The molecule has 0 radical (unpaired) electrons. The predicted molar refractivity (Wildman–Crippen MR) is 105 cm³/mol. The van der Waals surface area contributed by atoms with Gasteiger partial charge in [0.1, 0.15) is 0 Å². The van der Waals surface area contributed by atoms with E-state index in [1.807, 2.05) is 33.8 Å². The Kier molecular flexibility index (Phi) is 6.26. The third-order valence-corrected chi connectivity index (χ3v) is 5.62. The number of amides is 2. The van der Waals surface area contributed by atoms with E-state index in [0.29, 0.717) is 24.5 Å². The zero-order chi connectivity index (χ0) is 19.3. The number of aryl methyl sites for hydroxylation is 2. The molecular formula is C19H25N3O3S. The van der Waals surface area contributed by atoms with Crippen LogP contribution < -0.4 is 10.0 Å². The Morgan fingerprint density at radius 2 is 1.50 bits per heavy atom. The molecule has 2 amide bonds. The van der Waals surface area contributed by atoms with Gasteiger partial charge in [0.2, 0.25) is 0 Å². The molecule has 0 bridgehead atoms. The van der Waals surface area contributed by atoms with Crippen molar-refractivity contribution in [1.29, 1.82) is 0 Å². The number of rotatable bonds is 6. The van der Waals surface area contributed by atoms with Crippen molar-refractivity contribution in [3.05, 3.63) is 53.6 Å². The van der Waals surface area contributed by atoms with Gasteiger partial charge in [0.25, 0.3) is 10.0 Å². The predicted octanol–water partition coefficient (Wildman–Crippen LogP) is 3.98. The Morgan fingerprint density at radius 1 is 0.923 bits per heavy atom. The van der Waals surface area contributed by atoms with E-state index in [4.69, 9.17) is 0 Å². The average molecular weight is 375 g/mol. The number of sulfonamides is 1. The average Bonchev–Trinajstić information content (AvgIpc) is 2.59. The van der Waals surface area contributed by atoms with Crippen molar-refractivity contribution in [3.63, 3.8) is 0 Å². The topological polar surface area (TPSA) is 78.5 Å². The van der Waals surface area contributed by atoms with Crippen LogP contribution in [0.5, 0.6) is 0 Å². The molecule has 26 heavy (non-hydrogen) atoms. The maximum atomic E-state index is 12.5. The van der Waals surface area contributed by atoms with Crippen LogP contribution in [0.25, 0.3) is 0 Å². The molecule has 0 unspecified atom stereocenters. The maximum absolute atomic E-state index is 12.5. The first kappa shape index (κ1) is 19.8. The summed E-state index contributed by atoms with van der Waals surface area (Å²) < 4.78 is 27.6. The number of carbonyl (C=O) groups is 1. The quantitative estimate of drug-likeness (QED) is 0.802. The molecule has 0 aliphatic carbocycles. The van der Waals surface area contributed by atoms with Crippen molar-refractivity contribution in [3.8, 4) is 0 Å². The first-order valence-corrected chi connectivity index (χ1v) is 10.0. The molecule has 2 aromatic rings. The summed E-state index contributed by atoms with van der Waals surface area (Å²) in [5.41, 5.74) is 3.18. The lowest BCUT2D eigenvalue weighted by atomic mass is 10.1. The fraction of sp³-hybridized carbons (Fsp3) is 0.316. The van der Waals surface area contributed by atoms with Crippen LogP contribution in [-0.4, -0.2) is 32.4 Å². The number of nitrogens with one attached hydrogen (secondary N) is 2. The highest BCUT2D eigenvalue weighted by Crippen LogP contribution is 2.20. The van der Waals surface area contributed by atoms with E-state index in [-0.39, 0.29) is 10.9 Å². The number of nitrogens with zero attached hydrogens (tertiary/aromatic N) is 1. The van der Waals surface area contributed by atoms with Crippen LogP contribution in [0.1, 0.15) is 25.0 Å². The second kappa shape index (κ2) is 8.23. The summed E-state index contributed by atoms with van der Waals surface area (Å²) in [5.74, 6) is 0. The Balaban J connectivity index is 2.13. The summed E-state index contributed by atoms with van der Waals surface area (Å²) in [6, 6.07) is 11.3. The van der Waals surface area contributed by atoms with Gasteiger partial charge in [-0.2, -0.15) is 0 Å². The number of carbonyl (C=O) groups excluding carboxylic acids is 1. The highest BCUT2D eigenvalue weighted by atomic mass is 32.2. The third kappa shape index (κ3) is 4.76. The highest BCUT2D eigenvalue weighted by molar-refractivity contribution is 7.92. The zero-order valence-corrected chi connectivity index (χ0v) is 16.4. The molecule has 2 aromatic carbocycles. The van der Waals surface area contributed by atoms with Gasteiger partial charge in [0.05, 0.1) is 4.90 Å². The normalized spacial score (nSPS) is 11.1. The van der Waals surface area contributed by atoms with Crippen LogP contribution in [0.2, 0.25) is 0 Å². The molecule has 0 aliphatic heterocycles. The molecule has 0 aliphatic rings. The first-order valence-electron chi connectivity index (χ1n) is 8.53. The molecule has 0 aromatic heterocycles. The van der Waals surface area contributed by atoms with E-state index in [2.05, 4.69) is 10.0 Å². The molecule has 0 spiro atoms. The number of hydrogen-bond acceptors (Lipinski definition) is 3. The minimum Gasteiger partial charge on any atom is -0.325 e. The van der Waals surface area contributed by atoms with E-state index in [1.165, 1.54) is 12.1 Å². The van der Waals surface area contributed by atoms with Crippen LogP contribution >= 0.6 is 0 Å². The zero-order valence-electron chi connectivity index (χ0n) is 15.5. The monoisotopic (exact) mass is 375 g/mol.